The maximum Gasteiger partial charge on any atom is 0.178 e. The molecule has 2 aromatic rings. The lowest BCUT2D eigenvalue weighted by molar-refractivity contribution is 0.00383. The molecule has 0 fully saturated rings. The van der Waals surface area contributed by atoms with Crippen LogP contribution in [0.5, 0.6) is 0 Å². The molecule has 1 aliphatic rings. The van der Waals surface area contributed by atoms with Crippen molar-refractivity contribution in [2.24, 2.45) is 0 Å². The minimum atomic E-state index is -3.44. The fourth-order valence-corrected chi connectivity index (χ4v) is 6.11. The molecular formula is C26H35Cl2NO6S. The van der Waals surface area contributed by atoms with E-state index in [-0.39, 0.29) is 11.7 Å². The Hall–Kier alpha value is -1.23. The van der Waals surface area contributed by atoms with Gasteiger partial charge >= 0.3 is 0 Å². The van der Waals surface area contributed by atoms with E-state index in [1.807, 2.05) is 19.2 Å². The van der Waals surface area contributed by atoms with Crippen LogP contribution in [0.15, 0.2) is 41.3 Å². The number of benzene rings is 2. The number of rotatable bonds is 15. The highest BCUT2D eigenvalue weighted by molar-refractivity contribution is 7.91. The van der Waals surface area contributed by atoms with Gasteiger partial charge in [-0.2, -0.15) is 0 Å². The van der Waals surface area contributed by atoms with E-state index in [1.54, 1.807) is 31.4 Å². The molecule has 1 heterocycles. The number of sulfone groups is 1. The molecule has 0 saturated carbocycles. The summed E-state index contributed by atoms with van der Waals surface area (Å²) in [5.41, 5.74) is 3.02. The van der Waals surface area contributed by atoms with Gasteiger partial charge < -0.3 is 23.8 Å². The number of ether oxygens (including phenoxy) is 4. The van der Waals surface area contributed by atoms with Crippen LogP contribution in [0, 0.1) is 0 Å². The smallest absolute Gasteiger partial charge is 0.178 e. The Labute approximate surface area is 224 Å². The summed E-state index contributed by atoms with van der Waals surface area (Å²) in [6.07, 6.45) is 0.410. The lowest BCUT2D eigenvalue weighted by Crippen LogP contribution is -2.31. The second-order valence-electron chi connectivity index (χ2n) is 8.78. The molecule has 0 aliphatic carbocycles. The molecule has 10 heteroatoms. The molecular weight excluding hydrogens is 525 g/mol. The molecule has 0 amide bonds. The van der Waals surface area contributed by atoms with E-state index in [1.165, 1.54) is 0 Å². The SMILES string of the molecule is COCCOCCOCCOCCCS(=O)(=O)c1cccc(C2CN(C)Cc3c(Cl)cc(Cl)cc32)c1. The highest BCUT2D eigenvalue weighted by Crippen LogP contribution is 2.38. The first kappa shape index (κ1) is 29.3. The largest absolute Gasteiger partial charge is 0.382 e. The van der Waals surface area contributed by atoms with Crippen LogP contribution in [0.3, 0.4) is 0 Å². The molecule has 1 atom stereocenters. The van der Waals surface area contributed by atoms with Crippen LogP contribution in [-0.2, 0) is 35.3 Å². The Morgan fingerprint density at radius 1 is 0.944 bits per heavy atom. The van der Waals surface area contributed by atoms with Gasteiger partial charge in [-0.25, -0.2) is 8.42 Å². The maximum absolute atomic E-state index is 13.0. The molecule has 1 aliphatic heterocycles. The fraction of sp³-hybridized carbons (Fsp3) is 0.538. The molecule has 36 heavy (non-hydrogen) atoms. The zero-order valence-electron chi connectivity index (χ0n) is 20.9. The summed E-state index contributed by atoms with van der Waals surface area (Å²) in [5.74, 6) is 0.00233. The van der Waals surface area contributed by atoms with E-state index in [0.717, 1.165) is 29.8 Å². The molecule has 200 valence electrons. The Balaban J connectivity index is 1.50. The number of fused-ring (bicyclic) bond motifs is 1. The molecule has 1 unspecified atom stereocenters. The van der Waals surface area contributed by atoms with E-state index >= 15 is 0 Å². The van der Waals surface area contributed by atoms with Crippen molar-refractivity contribution >= 4 is 33.0 Å². The first-order valence-electron chi connectivity index (χ1n) is 12.0. The molecule has 0 aromatic heterocycles. The molecule has 0 spiro atoms. The molecule has 0 radical (unpaired) electrons. The van der Waals surface area contributed by atoms with Crippen LogP contribution in [-0.4, -0.2) is 86.0 Å². The van der Waals surface area contributed by atoms with Crippen molar-refractivity contribution in [2.75, 3.05) is 72.7 Å². The minimum absolute atomic E-state index is 0.0150. The van der Waals surface area contributed by atoms with Crippen molar-refractivity contribution in [1.29, 1.82) is 0 Å². The van der Waals surface area contributed by atoms with Gasteiger partial charge in [0.05, 0.1) is 50.3 Å². The summed E-state index contributed by atoms with van der Waals surface area (Å²) in [5, 5.41) is 1.22. The fourth-order valence-electron chi connectivity index (χ4n) is 4.21. The lowest BCUT2D eigenvalue weighted by atomic mass is 9.85. The Bertz CT molecular complexity index is 1080. The molecule has 0 saturated heterocycles. The van der Waals surface area contributed by atoms with Crippen molar-refractivity contribution in [2.45, 2.75) is 23.8 Å². The normalized spacial score (nSPS) is 16.3. The zero-order valence-corrected chi connectivity index (χ0v) is 23.2. The summed E-state index contributed by atoms with van der Waals surface area (Å²) in [6.45, 7) is 4.77. The van der Waals surface area contributed by atoms with Crippen LogP contribution in [0.1, 0.15) is 29.0 Å². The standard InChI is InChI=1S/C26H35Cl2NO6S/c1-29-18-24(23-16-21(27)17-26(28)25(23)19-29)20-5-3-6-22(15-20)36(30,31)14-4-7-33-10-11-35-13-12-34-9-8-32-2/h3,5-6,15-17,24H,4,7-14,18-19H2,1-2H3. The van der Waals surface area contributed by atoms with Gasteiger partial charge in [0, 0.05) is 42.8 Å². The molecule has 0 bridgehead atoms. The predicted octanol–water partition coefficient (Wildman–Crippen LogP) is 4.43. The maximum atomic E-state index is 13.0. The van der Waals surface area contributed by atoms with Gasteiger partial charge in [-0.05, 0) is 54.4 Å². The van der Waals surface area contributed by atoms with Gasteiger partial charge in [0.15, 0.2) is 9.84 Å². The van der Waals surface area contributed by atoms with E-state index in [4.69, 9.17) is 42.1 Å². The van der Waals surface area contributed by atoms with E-state index in [0.29, 0.717) is 67.6 Å². The van der Waals surface area contributed by atoms with Crippen LogP contribution < -0.4 is 0 Å². The average molecular weight is 561 g/mol. The second kappa shape index (κ2) is 14.6. The lowest BCUT2D eigenvalue weighted by Gasteiger charge is -2.33. The first-order chi connectivity index (χ1) is 17.3. The van der Waals surface area contributed by atoms with Gasteiger partial charge in [-0.1, -0.05) is 35.3 Å². The summed E-state index contributed by atoms with van der Waals surface area (Å²) in [7, 11) is 0.214. The summed E-state index contributed by atoms with van der Waals surface area (Å²) in [6, 6.07) is 10.9. The Morgan fingerprint density at radius 2 is 1.61 bits per heavy atom. The topological polar surface area (TPSA) is 74.3 Å². The third-order valence-corrected chi connectivity index (χ3v) is 8.34. The van der Waals surface area contributed by atoms with Gasteiger partial charge in [0.25, 0.3) is 0 Å². The van der Waals surface area contributed by atoms with E-state index < -0.39 is 9.84 Å². The van der Waals surface area contributed by atoms with Gasteiger partial charge in [0.2, 0.25) is 0 Å². The summed E-state index contributed by atoms with van der Waals surface area (Å²) in [4.78, 5) is 2.50. The Kier molecular flexibility index (Phi) is 11.9. The molecule has 3 rings (SSSR count). The average Bonchev–Trinajstić information content (AvgIpc) is 2.85. The quantitative estimate of drug-likeness (QED) is 0.299. The first-order valence-corrected chi connectivity index (χ1v) is 14.4. The van der Waals surface area contributed by atoms with Crippen molar-refractivity contribution < 1.29 is 27.4 Å². The third-order valence-electron chi connectivity index (χ3n) is 5.99. The monoisotopic (exact) mass is 559 g/mol. The van der Waals surface area contributed by atoms with Crippen LogP contribution in [0.4, 0.5) is 0 Å². The number of hydrogen-bond acceptors (Lipinski definition) is 7. The van der Waals surface area contributed by atoms with Gasteiger partial charge in [-0.15, -0.1) is 0 Å². The van der Waals surface area contributed by atoms with E-state index in [9.17, 15) is 8.42 Å². The van der Waals surface area contributed by atoms with Crippen molar-refractivity contribution in [3.8, 4) is 0 Å². The Morgan fingerprint density at radius 3 is 2.31 bits per heavy atom. The third kappa shape index (κ3) is 8.67. The number of hydrogen-bond donors (Lipinski definition) is 0. The van der Waals surface area contributed by atoms with Crippen LogP contribution >= 0.6 is 23.2 Å². The van der Waals surface area contributed by atoms with Crippen molar-refractivity contribution in [3.63, 3.8) is 0 Å². The number of likely N-dealkylation sites (N-methyl/N-ethyl adjacent to an activating group) is 1. The summed E-state index contributed by atoms with van der Waals surface area (Å²) >= 11 is 12.8. The number of halogens is 2. The van der Waals surface area contributed by atoms with Crippen LogP contribution in [0.2, 0.25) is 10.0 Å². The minimum Gasteiger partial charge on any atom is -0.382 e. The van der Waals surface area contributed by atoms with Crippen LogP contribution in [0.25, 0.3) is 0 Å². The second-order valence-corrected chi connectivity index (χ2v) is 11.7. The number of methoxy groups -OCH3 is 1. The number of nitrogens with zero attached hydrogens (tertiary/aromatic N) is 1. The van der Waals surface area contributed by atoms with Gasteiger partial charge in [0.1, 0.15) is 0 Å². The highest BCUT2D eigenvalue weighted by Gasteiger charge is 2.28. The van der Waals surface area contributed by atoms with Crippen molar-refractivity contribution in [1.82, 2.24) is 4.90 Å². The molecule has 0 N–H and O–H groups in total. The predicted molar refractivity (Wildman–Crippen MR) is 142 cm³/mol. The zero-order chi connectivity index (χ0) is 26.0. The van der Waals surface area contributed by atoms with Gasteiger partial charge in [-0.3, -0.25) is 0 Å². The molecule has 7 nitrogen and oxygen atoms in total. The highest BCUT2D eigenvalue weighted by atomic mass is 35.5. The van der Waals surface area contributed by atoms with E-state index in [2.05, 4.69) is 4.90 Å². The van der Waals surface area contributed by atoms with Crippen molar-refractivity contribution in [3.05, 3.63) is 63.1 Å². The molecule has 2 aromatic carbocycles. The summed E-state index contributed by atoms with van der Waals surface area (Å²) < 4.78 is 47.2.